The number of rotatable bonds is 1. The maximum atomic E-state index is 5.23. The Morgan fingerprint density at radius 3 is 2.36 bits per heavy atom. The first-order chi connectivity index (χ1) is 6.90. The van der Waals surface area contributed by atoms with Gasteiger partial charge in [-0.15, -0.1) is 6.42 Å². The SMILES string of the molecule is C#Cc1cnc(N2CCCCC2)nc1. The Hall–Kier alpha value is -1.56. The lowest BCUT2D eigenvalue weighted by Crippen LogP contribution is -2.30. The normalized spacial score (nSPS) is 16.4. The molecular formula is C11H13N3. The van der Waals surface area contributed by atoms with Crippen LogP contribution in [0.1, 0.15) is 24.8 Å². The molecule has 1 saturated heterocycles. The average molecular weight is 187 g/mol. The lowest BCUT2D eigenvalue weighted by Gasteiger charge is -2.26. The van der Waals surface area contributed by atoms with Crippen molar-refractivity contribution >= 4 is 5.95 Å². The van der Waals surface area contributed by atoms with Gasteiger partial charge >= 0.3 is 0 Å². The van der Waals surface area contributed by atoms with Crippen molar-refractivity contribution in [3.05, 3.63) is 18.0 Å². The number of hydrogen-bond acceptors (Lipinski definition) is 3. The van der Waals surface area contributed by atoms with E-state index < -0.39 is 0 Å². The molecule has 3 nitrogen and oxygen atoms in total. The van der Waals surface area contributed by atoms with E-state index in [9.17, 15) is 0 Å². The van der Waals surface area contributed by atoms with Crippen molar-refractivity contribution in [2.45, 2.75) is 19.3 Å². The van der Waals surface area contributed by atoms with Gasteiger partial charge in [-0.1, -0.05) is 5.92 Å². The monoisotopic (exact) mass is 187 g/mol. The molecule has 14 heavy (non-hydrogen) atoms. The molecule has 1 aromatic rings. The second-order valence-electron chi connectivity index (χ2n) is 3.46. The molecule has 2 rings (SSSR count). The standard InChI is InChI=1S/C11H13N3/c1-2-10-8-12-11(13-9-10)14-6-4-3-5-7-14/h1,8-9H,3-7H2. The molecule has 0 unspecified atom stereocenters. The van der Waals surface area contributed by atoms with Gasteiger partial charge in [-0.2, -0.15) is 0 Å². The van der Waals surface area contributed by atoms with Gasteiger partial charge < -0.3 is 4.90 Å². The molecule has 0 atom stereocenters. The van der Waals surface area contributed by atoms with E-state index in [-0.39, 0.29) is 0 Å². The zero-order chi connectivity index (χ0) is 9.80. The lowest BCUT2D eigenvalue weighted by atomic mass is 10.1. The second-order valence-corrected chi connectivity index (χ2v) is 3.46. The van der Waals surface area contributed by atoms with Crippen molar-refractivity contribution in [3.8, 4) is 12.3 Å². The van der Waals surface area contributed by atoms with Crippen LogP contribution in [0.2, 0.25) is 0 Å². The van der Waals surface area contributed by atoms with Gasteiger partial charge in [-0.25, -0.2) is 9.97 Å². The minimum atomic E-state index is 0.741. The number of hydrogen-bond donors (Lipinski definition) is 0. The van der Waals surface area contributed by atoms with E-state index in [1.54, 1.807) is 12.4 Å². The summed E-state index contributed by atoms with van der Waals surface area (Å²) in [5, 5.41) is 0. The van der Waals surface area contributed by atoms with Crippen LogP contribution in [0.15, 0.2) is 12.4 Å². The summed E-state index contributed by atoms with van der Waals surface area (Å²) in [5.41, 5.74) is 0.741. The fraction of sp³-hybridized carbons (Fsp3) is 0.455. The quantitative estimate of drug-likeness (QED) is 0.623. The van der Waals surface area contributed by atoms with Gasteiger partial charge in [0.2, 0.25) is 5.95 Å². The Morgan fingerprint density at radius 2 is 1.79 bits per heavy atom. The Labute approximate surface area is 84.2 Å². The fourth-order valence-electron chi connectivity index (χ4n) is 1.65. The van der Waals surface area contributed by atoms with E-state index in [1.807, 2.05) is 0 Å². The third-order valence-corrected chi connectivity index (χ3v) is 2.44. The molecule has 0 amide bonds. The highest BCUT2D eigenvalue weighted by Crippen LogP contribution is 2.14. The number of anilines is 1. The smallest absolute Gasteiger partial charge is 0.225 e. The molecule has 0 aromatic carbocycles. The molecule has 0 spiro atoms. The summed E-state index contributed by atoms with van der Waals surface area (Å²) in [4.78, 5) is 10.7. The zero-order valence-electron chi connectivity index (χ0n) is 8.11. The van der Waals surface area contributed by atoms with E-state index in [0.29, 0.717) is 0 Å². The first kappa shape index (κ1) is 9.01. The largest absolute Gasteiger partial charge is 0.341 e. The topological polar surface area (TPSA) is 29.0 Å². The second kappa shape index (κ2) is 4.10. The summed E-state index contributed by atoms with van der Waals surface area (Å²) in [7, 11) is 0. The van der Waals surface area contributed by atoms with Crippen molar-refractivity contribution in [2.24, 2.45) is 0 Å². The Balaban J connectivity index is 2.12. The van der Waals surface area contributed by atoms with Gasteiger partial charge in [0.05, 0.1) is 5.56 Å². The molecule has 0 aliphatic carbocycles. The first-order valence-electron chi connectivity index (χ1n) is 4.94. The summed E-state index contributed by atoms with van der Waals surface area (Å²) in [6.45, 7) is 2.13. The van der Waals surface area contributed by atoms with Crippen molar-refractivity contribution in [1.29, 1.82) is 0 Å². The molecule has 1 aromatic heterocycles. The van der Waals surface area contributed by atoms with Crippen LogP contribution in [0.5, 0.6) is 0 Å². The number of terminal acetylenes is 1. The Morgan fingerprint density at radius 1 is 1.14 bits per heavy atom. The summed E-state index contributed by atoms with van der Waals surface area (Å²) in [6, 6.07) is 0. The highest BCUT2D eigenvalue weighted by Gasteiger charge is 2.12. The van der Waals surface area contributed by atoms with Crippen LogP contribution in [0, 0.1) is 12.3 Å². The molecule has 0 bridgehead atoms. The molecule has 1 fully saturated rings. The third-order valence-electron chi connectivity index (χ3n) is 2.44. The van der Waals surface area contributed by atoms with Crippen LogP contribution in [-0.2, 0) is 0 Å². The summed E-state index contributed by atoms with van der Waals surface area (Å²) >= 11 is 0. The van der Waals surface area contributed by atoms with Crippen molar-refractivity contribution in [2.75, 3.05) is 18.0 Å². The summed E-state index contributed by atoms with van der Waals surface area (Å²) in [5.74, 6) is 3.32. The van der Waals surface area contributed by atoms with E-state index in [1.165, 1.54) is 19.3 Å². The van der Waals surface area contributed by atoms with Gasteiger partial charge in [-0.3, -0.25) is 0 Å². The maximum absolute atomic E-state index is 5.23. The van der Waals surface area contributed by atoms with Gasteiger partial charge in [0, 0.05) is 25.5 Å². The molecule has 0 saturated carbocycles. The average Bonchev–Trinajstić information content (AvgIpc) is 2.30. The van der Waals surface area contributed by atoms with Crippen molar-refractivity contribution < 1.29 is 0 Å². The molecule has 1 aliphatic heterocycles. The van der Waals surface area contributed by atoms with Crippen LogP contribution in [-0.4, -0.2) is 23.1 Å². The fourth-order valence-corrected chi connectivity index (χ4v) is 1.65. The van der Waals surface area contributed by atoms with Crippen LogP contribution in [0.25, 0.3) is 0 Å². The highest BCUT2D eigenvalue weighted by atomic mass is 15.2. The predicted octanol–water partition coefficient (Wildman–Crippen LogP) is 1.45. The van der Waals surface area contributed by atoms with Gasteiger partial charge in [0.15, 0.2) is 0 Å². The summed E-state index contributed by atoms with van der Waals surface area (Å²) in [6.07, 6.45) is 12.4. The molecular weight excluding hydrogens is 174 g/mol. The van der Waals surface area contributed by atoms with E-state index in [2.05, 4.69) is 20.8 Å². The predicted molar refractivity (Wildman–Crippen MR) is 56.0 cm³/mol. The van der Waals surface area contributed by atoms with Crippen molar-refractivity contribution in [3.63, 3.8) is 0 Å². The number of nitrogens with zero attached hydrogens (tertiary/aromatic N) is 3. The zero-order valence-corrected chi connectivity index (χ0v) is 8.11. The molecule has 2 heterocycles. The molecule has 3 heteroatoms. The first-order valence-corrected chi connectivity index (χ1v) is 4.94. The lowest BCUT2D eigenvalue weighted by molar-refractivity contribution is 0.568. The maximum Gasteiger partial charge on any atom is 0.225 e. The number of piperidine rings is 1. The molecule has 0 radical (unpaired) electrons. The van der Waals surface area contributed by atoms with Crippen molar-refractivity contribution in [1.82, 2.24) is 9.97 Å². The minimum absolute atomic E-state index is 0.741. The molecule has 1 aliphatic rings. The van der Waals surface area contributed by atoms with Crippen LogP contribution in [0.4, 0.5) is 5.95 Å². The molecule has 72 valence electrons. The minimum Gasteiger partial charge on any atom is -0.341 e. The van der Waals surface area contributed by atoms with E-state index in [4.69, 9.17) is 6.42 Å². The van der Waals surface area contributed by atoms with E-state index in [0.717, 1.165) is 24.6 Å². The molecule has 0 N–H and O–H groups in total. The third kappa shape index (κ3) is 1.85. The number of aromatic nitrogens is 2. The Kier molecular flexibility index (Phi) is 2.64. The van der Waals surface area contributed by atoms with Crippen LogP contribution in [0.3, 0.4) is 0 Å². The van der Waals surface area contributed by atoms with Gasteiger partial charge in [0.25, 0.3) is 0 Å². The van der Waals surface area contributed by atoms with Gasteiger partial charge in [0.1, 0.15) is 0 Å². The Bertz CT molecular complexity index is 331. The van der Waals surface area contributed by atoms with Crippen LogP contribution < -0.4 is 4.90 Å². The van der Waals surface area contributed by atoms with E-state index >= 15 is 0 Å². The highest BCUT2D eigenvalue weighted by molar-refractivity contribution is 5.34. The summed E-state index contributed by atoms with van der Waals surface area (Å²) < 4.78 is 0. The van der Waals surface area contributed by atoms with Crippen LogP contribution >= 0.6 is 0 Å². The van der Waals surface area contributed by atoms with Gasteiger partial charge in [-0.05, 0) is 19.3 Å².